The number of nitrogens with one attached hydrogen (secondary N) is 1. The van der Waals surface area contributed by atoms with Crippen molar-refractivity contribution >= 4 is 18.0 Å². The maximum Gasteiger partial charge on any atom is 0.178 e. The van der Waals surface area contributed by atoms with E-state index in [1.54, 1.807) is 6.92 Å². The summed E-state index contributed by atoms with van der Waals surface area (Å²) in [6.45, 7) is 4.14. The molecule has 1 N–H and O–H groups in total. The summed E-state index contributed by atoms with van der Waals surface area (Å²) in [5.74, 6) is 0.0143. The molecule has 88 valence electrons. The number of hydrogen-bond acceptors (Lipinski definition) is 2. The Kier molecular flexibility index (Phi) is 3.24. The van der Waals surface area contributed by atoms with Crippen LogP contribution in [0.25, 0.3) is 0 Å². The third kappa shape index (κ3) is 2.36. The third-order valence-corrected chi connectivity index (χ3v) is 3.10. The van der Waals surface area contributed by atoms with Crippen molar-refractivity contribution in [2.45, 2.75) is 20.4 Å². The maximum absolute atomic E-state index is 11.4. The van der Waals surface area contributed by atoms with Crippen molar-refractivity contribution in [3.8, 4) is 0 Å². The number of rotatable bonds is 3. The van der Waals surface area contributed by atoms with Crippen molar-refractivity contribution in [1.82, 2.24) is 9.55 Å². The van der Waals surface area contributed by atoms with Gasteiger partial charge in [0.15, 0.2) is 10.6 Å². The van der Waals surface area contributed by atoms with E-state index in [1.807, 2.05) is 41.8 Å². The summed E-state index contributed by atoms with van der Waals surface area (Å²) in [5.41, 5.74) is 2.66. The fourth-order valence-corrected chi connectivity index (χ4v) is 2.15. The highest BCUT2D eigenvalue weighted by Crippen LogP contribution is 2.11. The van der Waals surface area contributed by atoms with Crippen LogP contribution in [0.15, 0.2) is 30.3 Å². The van der Waals surface area contributed by atoms with E-state index in [9.17, 15) is 4.79 Å². The Morgan fingerprint density at radius 1 is 1.35 bits per heavy atom. The predicted octanol–water partition coefficient (Wildman–Crippen LogP) is 3.11. The maximum atomic E-state index is 11.4. The van der Waals surface area contributed by atoms with E-state index in [2.05, 4.69) is 4.98 Å². The Bertz CT molecular complexity index is 596. The number of imidazole rings is 1. The molecule has 0 saturated heterocycles. The fraction of sp³-hybridized carbons (Fsp3) is 0.231. The smallest absolute Gasteiger partial charge is 0.178 e. The Morgan fingerprint density at radius 2 is 2.00 bits per heavy atom. The Labute approximate surface area is 105 Å². The highest BCUT2D eigenvalue weighted by Gasteiger charge is 2.11. The van der Waals surface area contributed by atoms with E-state index in [0.29, 0.717) is 17.0 Å². The zero-order valence-electron chi connectivity index (χ0n) is 9.86. The second-order valence-corrected chi connectivity index (χ2v) is 4.41. The van der Waals surface area contributed by atoms with Gasteiger partial charge in [0, 0.05) is 12.6 Å². The number of benzene rings is 1. The van der Waals surface area contributed by atoms with Crippen LogP contribution in [-0.4, -0.2) is 15.3 Å². The zero-order valence-corrected chi connectivity index (χ0v) is 10.7. The van der Waals surface area contributed by atoms with E-state index < -0.39 is 0 Å². The van der Waals surface area contributed by atoms with Gasteiger partial charge >= 0.3 is 0 Å². The number of nitrogens with zero attached hydrogens (tertiary/aromatic N) is 1. The van der Waals surface area contributed by atoms with Crippen LogP contribution in [0.1, 0.15) is 28.7 Å². The number of aromatic amines is 1. The molecule has 0 radical (unpaired) electrons. The lowest BCUT2D eigenvalue weighted by Crippen LogP contribution is -2.03. The predicted molar refractivity (Wildman–Crippen MR) is 69.9 cm³/mol. The van der Waals surface area contributed by atoms with Gasteiger partial charge in [-0.3, -0.25) is 4.79 Å². The van der Waals surface area contributed by atoms with Crippen molar-refractivity contribution < 1.29 is 4.79 Å². The van der Waals surface area contributed by atoms with Crippen molar-refractivity contribution in [2.75, 3.05) is 0 Å². The lowest BCUT2D eigenvalue weighted by atomic mass is 10.2. The van der Waals surface area contributed by atoms with Crippen molar-refractivity contribution in [2.24, 2.45) is 0 Å². The first-order valence-corrected chi connectivity index (χ1v) is 5.84. The highest BCUT2D eigenvalue weighted by molar-refractivity contribution is 7.71. The molecule has 0 aliphatic heterocycles. The number of Topliss-reactive ketones (excluding diaryl/α,β-unsaturated/α-hetero) is 1. The molecule has 2 rings (SSSR count). The number of carbonyl (C=O) groups is 1. The quantitative estimate of drug-likeness (QED) is 0.667. The molecule has 0 aliphatic rings. The molecule has 2 aromatic rings. The van der Waals surface area contributed by atoms with E-state index in [-0.39, 0.29) is 5.78 Å². The number of aromatic nitrogens is 2. The molecule has 3 nitrogen and oxygen atoms in total. The van der Waals surface area contributed by atoms with Crippen molar-refractivity contribution in [3.05, 3.63) is 52.1 Å². The minimum Gasteiger partial charge on any atom is -0.328 e. The lowest BCUT2D eigenvalue weighted by molar-refractivity contribution is 0.101. The molecule has 0 spiro atoms. The van der Waals surface area contributed by atoms with E-state index in [1.165, 1.54) is 5.56 Å². The van der Waals surface area contributed by atoms with Crippen LogP contribution in [0.3, 0.4) is 0 Å². The number of ketones is 1. The van der Waals surface area contributed by atoms with Crippen LogP contribution < -0.4 is 0 Å². The van der Waals surface area contributed by atoms with Gasteiger partial charge in [-0.2, -0.15) is 0 Å². The second-order valence-electron chi connectivity index (χ2n) is 4.02. The molecule has 1 heterocycles. The van der Waals surface area contributed by atoms with Gasteiger partial charge in [0.2, 0.25) is 0 Å². The zero-order chi connectivity index (χ0) is 12.4. The largest absolute Gasteiger partial charge is 0.328 e. The van der Waals surface area contributed by atoms with Gasteiger partial charge in [0.05, 0.1) is 6.54 Å². The van der Waals surface area contributed by atoms with Gasteiger partial charge < -0.3 is 9.55 Å². The molecular weight excluding hydrogens is 232 g/mol. The molecule has 1 aromatic heterocycles. The summed E-state index contributed by atoms with van der Waals surface area (Å²) >= 11 is 5.23. The first-order chi connectivity index (χ1) is 8.09. The van der Waals surface area contributed by atoms with Crippen LogP contribution in [0.5, 0.6) is 0 Å². The highest BCUT2D eigenvalue weighted by atomic mass is 32.1. The van der Waals surface area contributed by atoms with Gasteiger partial charge in [-0.25, -0.2) is 0 Å². The molecule has 4 heteroatoms. The Morgan fingerprint density at radius 3 is 2.53 bits per heavy atom. The van der Waals surface area contributed by atoms with Crippen LogP contribution in [-0.2, 0) is 6.54 Å². The lowest BCUT2D eigenvalue weighted by Gasteiger charge is -2.05. The molecule has 0 bridgehead atoms. The summed E-state index contributed by atoms with van der Waals surface area (Å²) in [6, 6.07) is 10.1. The SMILES string of the molecule is CC(=O)c1[nH]c(=S)n(Cc2ccccc2)c1C. The molecule has 0 atom stereocenters. The van der Waals surface area contributed by atoms with Crippen molar-refractivity contribution in [1.29, 1.82) is 0 Å². The van der Waals surface area contributed by atoms with Crippen LogP contribution in [0.4, 0.5) is 0 Å². The average Bonchev–Trinajstić information content (AvgIpc) is 2.58. The van der Waals surface area contributed by atoms with Gasteiger partial charge in [0.1, 0.15) is 5.69 Å². The van der Waals surface area contributed by atoms with Gasteiger partial charge in [-0.05, 0) is 24.7 Å². The number of carbonyl (C=O) groups excluding carboxylic acids is 1. The topological polar surface area (TPSA) is 37.8 Å². The molecule has 0 saturated carbocycles. The van der Waals surface area contributed by atoms with E-state index in [4.69, 9.17) is 12.2 Å². The van der Waals surface area contributed by atoms with Crippen LogP contribution in [0.2, 0.25) is 0 Å². The number of hydrogen-bond donors (Lipinski definition) is 1. The monoisotopic (exact) mass is 246 g/mol. The van der Waals surface area contributed by atoms with Crippen molar-refractivity contribution in [3.63, 3.8) is 0 Å². The average molecular weight is 246 g/mol. The molecule has 0 fully saturated rings. The standard InChI is InChI=1S/C13H14N2OS/c1-9-12(10(2)16)14-13(17)15(9)8-11-6-4-3-5-7-11/h3-7H,8H2,1-2H3,(H,14,17). The van der Waals surface area contributed by atoms with Gasteiger partial charge in [0.25, 0.3) is 0 Å². The summed E-state index contributed by atoms with van der Waals surface area (Å²) < 4.78 is 2.54. The van der Waals surface area contributed by atoms with Gasteiger partial charge in [-0.1, -0.05) is 30.3 Å². The first kappa shape index (κ1) is 11.8. The van der Waals surface area contributed by atoms with Crippen LogP contribution in [0, 0.1) is 11.7 Å². The van der Waals surface area contributed by atoms with Gasteiger partial charge in [-0.15, -0.1) is 0 Å². The molecule has 1 aromatic carbocycles. The minimum atomic E-state index is 0.0143. The van der Waals surface area contributed by atoms with E-state index in [0.717, 1.165) is 5.69 Å². The Hall–Kier alpha value is -1.68. The molecule has 0 aliphatic carbocycles. The fourth-order valence-electron chi connectivity index (χ4n) is 1.85. The Balaban J connectivity index is 2.41. The summed E-state index contributed by atoms with van der Waals surface area (Å²) in [7, 11) is 0. The minimum absolute atomic E-state index is 0.0143. The summed E-state index contributed by atoms with van der Waals surface area (Å²) in [4.78, 5) is 14.4. The van der Waals surface area contributed by atoms with Crippen LogP contribution >= 0.6 is 12.2 Å². The third-order valence-electron chi connectivity index (χ3n) is 2.78. The summed E-state index contributed by atoms with van der Waals surface area (Å²) in [6.07, 6.45) is 0. The number of H-pyrrole nitrogens is 1. The second kappa shape index (κ2) is 4.67. The molecule has 0 unspecified atom stereocenters. The molecule has 0 amide bonds. The molecular formula is C13H14N2OS. The van der Waals surface area contributed by atoms with E-state index >= 15 is 0 Å². The normalized spacial score (nSPS) is 10.5. The first-order valence-electron chi connectivity index (χ1n) is 5.44. The molecule has 17 heavy (non-hydrogen) atoms. The summed E-state index contributed by atoms with van der Waals surface area (Å²) in [5, 5.41) is 0.